The first-order chi connectivity index (χ1) is 17.5. The van der Waals surface area contributed by atoms with Gasteiger partial charge in [-0.3, -0.25) is 4.79 Å². The molecule has 1 heterocycles. The molecule has 8 nitrogen and oxygen atoms in total. The second-order valence-electron chi connectivity index (χ2n) is 11.4. The number of methoxy groups -OCH3 is 2. The molecule has 212 valence electrons. The average Bonchev–Trinajstić information content (AvgIpc) is 2.83. The minimum atomic E-state index is -0.737. The summed E-state index contributed by atoms with van der Waals surface area (Å²) in [4.78, 5) is 15.1. The fourth-order valence-corrected chi connectivity index (χ4v) is 4.96. The lowest BCUT2D eigenvalue weighted by molar-refractivity contribution is -0.129. The van der Waals surface area contributed by atoms with Crippen molar-refractivity contribution >= 4 is 5.91 Å². The van der Waals surface area contributed by atoms with E-state index in [9.17, 15) is 9.90 Å². The van der Waals surface area contributed by atoms with Crippen LogP contribution >= 0.6 is 0 Å². The largest absolute Gasteiger partial charge is 0.493 e. The Balaban J connectivity index is 1.99. The summed E-state index contributed by atoms with van der Waals surface area (Å²) in [6.45, 7) is 11.4. The number of likely N-dealkylation sites (tertiary alicyclic amines) is 1. The van der Waals surface area contributed by atoms with Crippen molar-refractivity contribution < 1.29 is 24.1 Å². The van der Waals surface area contributed by atoms with Gasteiger partial charge in [0.05, 0.1) is 25.9 Å². The van der Waals surface area contributed by atoms with Crippen molar-refractivity contribution in [1.29, 1.82) is 0 Å². The van der Waals surface area contributed by atoms with E-state index in [0.29, 0.717) is 37.7 Å². The van der Waals surface area contributed by atoms with Crippen LogP contribution in [0.3, 0.4) is 0 Å². The molecule has 8 heteroatoms. The van der Waals surface area contributed by atoms with E-state index in [-0.39, 0.29) is 29.7 Å². The highest BCUT2D eigenvalue weighted by molar-refractivity contribution is 5.79. The van der Waals surface area contributed by atoms with Crippen LogP contribution in [0.2, 0.25) is 0 Å². The molecule has 1 aromatic carbocycles. The third-order valence-corrected chi connectivity index (χ3v) is 7.54. The summed E-state index contributed by atoms with van der Waals surface area (Å²) in [5.74, 6) is 1.98. The predicted octanol–water partition coefficient (Wildman–Crippen LogP) is 3.10. The van der Waals surface area contributed by atoms with Crippen molar-refractivity contribution in [2.24, 2.45) is 29.4 Å². The first-order valence-electron chi connectivity index (χ1n) is 13.8. The molecule has 1 amide bonds. The third-order valence-electron chi connectivity index (χ3n) is 7.54. The highest BCUT2D eigenvalue weighted by Gasteiger charge is 2.32. The molecule has 1 saturated heterocycles. The van der Waals surface area contributed by atoms with Crippen LogP contribution in [0.4, 0.5) is 0 Å². The number of nitrogens with two attached hydrogens (primary N) is 1. The molecule has 0 radical (unpaired) electrons. The summed E-state index contributed by atoms with van der Waals surface area (Å²) in [6.07, 6.45) is 1.94. The molecule has 0 aromatic heterocycles. The van der Waals surface area contributed by atoms with Gasteiger partial charge in [-0.2, -0.15) is 0 Å². The van der Waals surface area contributed by atoms with Crippen LogP contribution in [0.1, 0.15) is 52.5 Å². The predicted molar refractivity (Wildman–Crippen MR) is 148 cm³/mol. The van der Waals surface area contributed by atoms with Gasteiger partial charge in [0.25, 0.3) is 0 Å². The highest BCUT2D eigenvalue weighted by atomic mass is 16.5. The van der Waals surface area contributed by atoms with Crippen LogP contribution in [0.25, 0.3) is 0 Å². The Morgan fingerprint density at radius 3 is 2.38 bits per heavy atom. The molecule has 0 aliphatic carbocycles. The van der Waals surface area contributed by atoms with E-state index >= 15 is 0 Å². The van der Waals surface area contributed by atoms with Gasteiger partial charge in [-0.05, 0) is 61.8 Å². The topological polar surface area (TPSA) is 106 Å². The SMILES string of the molecule is COCCCOc1cc(C[C@@H](C[C@H](N)[C@@H](O)C[C@H](C(=O)NC2CN(C)C2)C(C)C)C(C)C)ccc1OC. The van der Waals surface area contributed by atoms with E-state index in [1.54, 1.807) is 14.2 Å². The summed E-state index contributed by atoms with van der Waals surface area (Å²) < 4.78 is 16.5. The van der Waals surface area contributed by atoms with Gasteiger partial charge < -0.3 is 35.3 Å². The van der Waals surface area contributed by atoms with Crippen LogP contribution < -0.4 is 20.5 Å². The lowest BCUT2D eigenvalue weighted by atomic mass is 9.80. The molecular weight excluding hydrogens is 470 g/mol. The summed E-state index contributed by atoms with van der Waals surface area (Å²) in [6, 6.07) is 5.85. The second-order valence-corrected chi connectivity index (χ2v) is 11.4. The zero-order chi connectivity index (χ0) is 27.5. The van der Waals surface area contributed by atoms with Gasteiger partial charge in [-0.25, -0.2) is 0 Å². The molecule has 4 atom stereocenters. The molecule has 1 aliphatic heterocycles. The maximum atomic E-state index is 12.9. The van der Waals surface area contributed by atoms with E-state index < -0.39 is 12.1 Å². The quantitative estimate of drug-likeness (QED) is 0.271. The number of aliphatic hydroxyl groups is 1. The normalized spacial score (nSPS) is 17.8. The Morgan fingerprint density at radius 1 is 1.11 bits per heavy atom. The van der Waals surface area contributed by atoms with Gasteiger partial charge >= 0.3 is 0 Å². The number of hydrogen-bond acceptors (Lipinski definition) is 7. The fourth-order valence-electron chi connectivity index (χ4n) is 4.96. The molecule has 0 bridgehead atoms. The molecule has 1 aromatic rings. The molecule has 37 heavy (non-hydrogen) atoms. The highest BCUT2D eigenvalue weighted by Crippen LogP contribution is 2.32. The number of nitrogens with one attached hydrogen (secondary N) is 1. The number of likely N-dealkylation sites (N-methyl/N-ethyl adjacent to an activating group) is 1. The van der Waals surface area contributed by atoms with E-state index in [2.05, 4.69) is 30.1 Å². The number of rotatable bonds is 17. The average molecular weight is 522 g/mol. The van der Waals surface area contributed by atoms with Crippen LogP contribution in [-0.2, 0) is 16.0 Å². The standard InChI is InChI=1S/C29H51N3O5/c1-19(2)22(13-21-9-10-27(36-7)28(14-21)37-12-8-11-35-6)15-25(30)26(33)16-24(20(3)4)29(34)31-23-17-32(5)18-23/h9-10,14,19-20,22-26,33H,8,11-13,15-18,30H2,1-7H3,(H,31,34)/t22-,24-,25-,26-/m0/s1. The number of carbonyl (C=O) groups excluding carboxylic acids is 1. The number of hydrogen-bond donors (Lipinski definition) is 3. The molecule has 0 saturated carbocycles. The number of carbonyl (C=O) groups is 1. The van der Waals surface area contributed by atoms with Crippen LogP contribution in [-0.4, -0.2) is 81.7 Å². The minimum absolute atomic E-state index is 0.0241. The molecule has 0 unspecified atom stereocenters. The number of aliphatic hydroxyl groups excluding tert-OH is 1. The number of benzene rings is 1. The Hall–Kier alpha value is -1.87. The smallest absolute Gasteiger partial charge is 0.223 e. The molecule has 0 spiro atoms. The van der Waals surface area contributed by atoms with Crippen molar-refractivity contribution in [2.75, 3.05) is 47.6 Å². The van der Waals surface area contributed by atoms with Crippen LogP contribution in [0.5, 0.6) is 11.5 Å². The molecule has 4 N–H and O–H groups in total. The minimum Gasteiger partial charge on any atom is -0.493 e. The summed E-state index contributed by atoms with van der Waals surface area (Å²) in [7, 11) is 5.36. The van der Waals surface area contributed by atoms with Gasteiger partial charge in [0, 0.05) is 45.2 Å². The number of amides is 1. The monoisotopic (exact) mass is 521 g/mol. The van der Waals surface area contributed by atoms with E-state index in [1.165, 1.54) is 0 Å². The van der Waals surface area contributed by atoms with Crippen molar-refractivity contribution in [1.82, 2.24) is 10.2 Å². The Morgan fingerprint density at radius 2 is 1.81 bits per heavy atom. The Bertz CT molecular complexity index is 813. The van der Waals surface area contributed by atoms with Gasteiger partial charge in [0.15, 0.2) is 11.5 Å². The summed E-state index contributed by atoms with van der Waals surface area (Å²) >= 11 is 0. The first kappa shape index (κ1) is 31.3. The zero-order valence-corrected chi connectivity index (χ0v) is 24.0. The second kappa shape index (κ2) is 15.5. The molecule has 1 aliphatic rings. The number of ether oxygens (including phenoxy) is 3. The number of nitrogens with zero attached hydrogens (tertiary/aromatic N) is 1. The van der Waals surface area contributed by atoms with Gasteiger partial charge in [-0.1, -0.05) is 33.8 Å². The Labute approximate surface area is 224 Å². The van der Waals surface area contributed by atoms with Crippen molar-refractivity contribution in [3.63, 3.8) is 0 Å². The zero-order valence-electron chi connectivity index (χ0n) is 24.0. The van der Waals surface area contributed by atoms with Gasteiger partial charge in [0.1, 0.15) is 0 Å². The van der Waals surface area contributed by atoms with Gasteiger partial charge in [-0.15, -0.1) is 0 Å². The van der Waals surface area contributed by atoms with Gasteiger partial charge in [0.2, 0.25) is 5.91 Å². The molecule has 1 fully saturated rings. The fraction of sp³-hybridized carbons (Fsp3) is 0.759. The lowest BCUT2D eigenvalue weighted by Crippen LogP contribution is -2.59. The van der Waals surface area contributed by atoms with Crippen LogP contribution in [0.15, 0.2) is 18.2 Å². The summed E-state index contributed by atoms with van der Waals surface area (Å²) in [5.41, 5.74) is 7.69. The molecule has 2 rings (SSSR count). The Kier molecular flexibility index (Phi) is 13.1. The van der Waals surface area contributed by atoms with E-state index in [1.807, 2.05) is 33.0 Å². The first-order valence-corrected chi connectivity index (χ1v) is 13.8. The maximum absolute atomic E-state index is 12.9. The van der Waals surface area contributed by atoms with Crippen molar-refractivity contribution in [2.45, 2.75) is 71.6 Å². The maximum Gasteiger partial charge on any atom is 0.223 e. The summed E-state index contributed by atoms with van der Waals surface area (Å²) in [5, 5.41) is 14.2. The van der Waals surface area contributed by atoms with Crippen molar-refractivity contribution in [3.8, 4) is 11.5 Å². The lowest BCUT2D eigenvalue weighted by Gasteiger charge is -2.38. The van der Waals surface area contributed by atoms with E-state index in [4.69, 9.17) is 19.9 Å². The molecular formula is C29H51N3O5. The van der Waals surface area contributed by atoms with Crippen molar-refractivity contribution in [3.05, 3.63) is 23.8 Å². The van der Waals surface area contributed by atoms with Crippen LogP contribution in [0, 0.1) is 23.7 Å². The van der Waals surface area contributed by atoms with E-state index in [0.717, 1.165) is 37.2 Å². The third kappa shape index (κ3) is 10.1.